The van der Waals surface area contributed by atoms with Gasteiger partial charge in [0, 0.05) is 18.8 Å². The number of ether oxygens (including phenoxy) is 1. The molecule has 0 amide bonds. The van der Waals surface area contributed by atoms with Crippen LogP contribution in [0.2, 0.25) is 0 Å². The minimum atomic E-state index is -2.13. The zero-order valence-electron chi connectivity index (χ0n) is 6.62. The molecule has 0 spiro atoms. The third-order valence-electron chi connectivity index (χ3n) is 1.73. The summed E-state index contributed by atoms with van der Waals surface area (Å²) in [6.45, 7) is 4.62. The van der Waals surface area contributed by atoms with E-state index >= 15 is 0 Å². The van der Waals surface area contributed by atoms with Crippen molar-refractivity contribution in [3.8, 4) is 0 Å². The number of hydrogen-bond donors (Lipinski definition) is 0. The topological polar surface area (TPSA) is 29.5 Å². The average molecular weight is 195 g/mol. The lowest BCUT2D eigenvalue weighted by molar-refractivity contribution is 0.0751. The zero-order chi connectivity index (χ0) is 8.32. The van der Waals surface area contributed by atoms with Crippen LogP contribution in [0.15, 0.2) is 0 Å². The van der Waals surface area contributed by atoms with Crippen LogP contribution >= 0.6 is 0 Å². The first kappa shape index (κ1) is 9.38. The van der Waals surface area contributed by atoms with E-state index in [1.54, 1.807) is 0 Å². The van der Waals surface area contributed by atoms with E-state index in [0.717, 1.165) is 13.1 Å². The maximum absolute atomic E-state index is 11.6. The standard InChI is InChI=1S/C6H13NO2S2/c1-2-11(8,10)7-3-5-9-6-4-7/h2-6H2,1H3. The number of rotatable bonds is 2. The number of morpholine rings is 1. The van der Waals surface area contributed by atoms with Gasteiger partial charge in [-0.05, 0) is 11.2 Å². The summed E-state index contributed by atoms with van der Waals surface area (Å²) in [6, 6.07) is 0. The fraction of sp³-hybridized carbons (Fsp3) is 1.00. The number of hydrogen-bond acceptors (Lipinski definition) is 3. The molecule has 0 N–H and O–H groups in total. The Hall–Kier alpha value is 0.290. The summed E-state index contributed by atoms with van der Waals surface area (Å²) >= 11 is 4.96. The maximum atomic E-state index is 11.6. The molecular formula is C6H13NO2S2. The maximum Gasteiger partial charge on any atom is 0.0921 e. The molecule has 66 valence electrons. The van der Waals surface area contributed by atoms with E-state index in [4.69, 9.17) is 15.9 Å². The molecule has 1 saturated heterocycles. The third kappa shape index (κ3) is 2.37. The first-order valence-corrected chi connectivity index (χ1v) is 6.33. The molecule has 0 bridgehead atoms. The molecule has 0 aliphatic carbocycles. The van der Waals surface area contributed by atoms with Gasteiger partial charge in [-0.3, -0.25) is 0 Å². The summed E-state index contributed by atoms with van der Waals surface area (Å²) in [5.74, 6) is 0.558. The first-order chi connectivity index (χ1) is 5.17. The van der Waals surface area contributed by atoms with E-state index in [2.05, 4.69) is 0 Å². The Labute approximate surface area is 72.5 Å². The summed E-state index contributed by atoms with van der Waals surface area (Å²) in [5.41, 5.74) is 0. The Morgan fingerprint density at radius 2 is 2.09 bits per heavy atom. The summed E-state index contributed by atoms with van der Waals surface area (Å²) in [7, 11) is -2.13. The van der Waals surface area contributed by atoms with Crippen LogP contribution in [-0.4, -0.2) is 40.6 Å². The highest BCUT2D eigenvalue weighted by atomic mass is 32.8. The molecule has 1 rings (SSSR count). The second kappa shape index (κ2) is 3.80. The summed E-state index contributed by atoms with van der Waals surface area (Å²) in [4.78, 5) is 0. The van der Waals surface area contributed by atoms with Crippen molar-refractivity contribution in [3.63, 3.8) is 0 Å². The predicted molar refractivity (Wildman–Crippen MR) is 48.4 cm³/mol. The lowest BCUT2D eigenvalue weighted by Crippen LogP contribution is -2.40. The highest BCUT2D eigenvalue weighted by molar-refractivity contribution is 8.31. The zero-order valence-corrected chi connectivity index (χ0v) is 8.25. The van der Waals surface area contributed by atoms with E-state index in [9.17, 15) is 4.21 Å². The van der Waals surface area contributed by atoms with E-state index in [0.29, 0.717) is 19.0 Å². The van der Waals surface area contributed by atoms with Crippen LogP contribution in [-0.2, 0) is 24.6 Å². The normalized spacial score (nSPS) is 26.3. The Morgan fingerprint density at radius 3 is 2.55 bits per heavy atom. The molecule has 3 nitrogen and oxygen atoms in total. The SMILES string of the molecule is CCS(=O)(=S)N1CCOCC1. The molecule has 1 heterocycles. The highest BCUT2D eigenvalue weighted by Gasteiger charge is 2.18. The van der Waals surface area contributed by atoms with Gasteiger partial charge in [-0.25, -0.2) is 8.51 Å². The quantitative estimate of drug-likeness (QED) is 0.621. The van der Waals surface area contributed by atoms with Gasteiger partial charge >= 0.3 is 0 Å². The van der Waals surface area contributed by atoms with Crippen LogP contribution in [0.1, 0.15) is 6.92 Å². The molecule has 5 heteroatoms. The molecule has 11 heavy (non-hydrogen) atoms. The lowest BCUT2D eigenvalue weighted by Gasteiger charge is -2.27. The molecule has 0 aromatic heterocycles. The van der Waals surface area contributed by atoms with Crippen LogP contribution in [0, 0.1) is 0 Å². The Bertz CT molecular complexity index is 207. The molecule has 0 aromatic carbocycles. The van der Waals surface area contributed by atoms with E-state index < -0.39 is 8.68 Å². The van der Waals surface area contributed by atoms with Gasteiger partial charge in [-0.1, -0.05) is 6.92 Å². The van der Waals surface area contributed by atoms with Gasteiger partial charge in [0.05, 0.1) is 21.9 Å². The van der Waals surface area contributed by atoms with Crippen molar-refractivity contribution in [3.05, 3.63) is 0 Å². The lowest BCUT2D eigenvalue weighted by atomic mass is 10.5. The van der Waals surface area contributed by atoms with Gasteiger partial charge in [0.15, 0.2) is 0 Å². The van der Waals surface area contributed by atoms with Gasteiger partial charge in [0.1, 0.15) is 0 Å². The molecule has 1 aliphatic rings. The summed E-state index contributed by atoms with van der Waals surface area (Å²) in [5, 5.41) is 0. The monoisotopic (exact) mass is 195 g/mol. The van der Waals surface area contributed by atoms with Gasteiger partial charge in [0.25, 0.3) is 0 Å². The smallest absolute Gasteiger partial charge is 0.0921 e. The van der Waals surface area contributed by atoms with Crippen LogP contribution in [0.3, 0.4) is 0 Å². The van der Waals surface area contributed by atoms with Crippen LogP contribution in [0.5, 0.6) is 0 Å². The van der Waals surface area contributed by atoms with Crippen LogP contribution < -0.4 is 0 Å². The molecule has 1 unspecified atom stereocenters. The van der Waals surface area contributed by atoms with Crippen molar-refractivity contribution in [2.75, 3.05) is 32.1 Å². The largest absolute Gasteiger partial charge is 0.379 e. The van der Waals surface area contributed by atoms with E-state index in [1.165, 1.54) is 0 Å². The second-order valence-corrected chi connectivity index (χ2v) is 6.23. The van der Waals surface area contributed by atoms with E-state index in [-0.39, 0.29) is 0 Å². The number of nitrogens with zero attached hydrogens (tertiary/aromatic N) is 1. The van der Waals surface area contributed by atoms with Crippen molar-refractivity contribution in [1.29, 1.82) is 0 Å². The average Bonchev–Trinajstić information content (AvgIpc) is 2.06. The summed E-state index contributed by atoms with van der Waals surface area (Å²) < 4.78 is 18.6. The fourth-order valence-corrected chi connectivity index (χ4v) is 2.53. The van der Waals surface area contributed by atoms with Crippen molar-refractivity contribution in [2.45, 2.75) is 6.92 Å². The Balaban J connectivity index is 2.58. The second-order valence-electron chi connectivity index (χ2n) is 2.41. The molecular weight excluding hydrogens is 182 g/mol. The minimum Gasteiger partial charge on any atom is -0.379 e. The van der Waals surface area contributed by atoms with Crippen LogP contribution in [0.25, 0.3) is 0 Å². The fourth-order valence-electron chi connectivity index (χ4n) is 1.01. The molecule has 0 radical (unpaired) electrons. The first-order valence-electron chi connectivity index (χ1n) is 3.72. The predicted octanol–water partition coefficient (Wildman–Crippen LogP) is -0.000200. The van der Waals surface area contributed by atoms with Crippen molar-refractivity contribution >= 4 is 19.9 Å². The van der Waals surface area contributed by atoms with Gasteiger partial charge in [-0.15, -0.1) is 0 Å². The van der Waals surface area contributed by atoms with E-state index in [1.807, 2.05) is 11.2 Å². The molecule has 1 aliphatic heterocycles. The van der Waals surface area contributed by atoms with Crippen molar-refractivity contribution in [1.82, 2.24) is 4.31 Å². The molecule has 0 aromatic rings. The Morgan fingerprint density at radius 1 is 1.55 bits per heavy atom. The van der Waals surface area contributed by atoms with Crippen molar-refractivity contribution < 1.29 is 8.95 Å². The minimum absolute atomic E-state index is 0.558. The summed E-state index contributed by atoms with van der Waals surface area (Å²) in [6.07, 6.45) is 0. The van der Waals surface area contributed by atoms with Crippen LogP contribution in [0.4, 0.5) is 0 Å². The van der Waals surface area contributed by atoms with Gasteiger partial charge in [-0.2, -0.15) is 0 Å². The Kier molecular flexibility index (Phi) is 3.24. The third-order valence-corrected chi connectivity index (χ3v) is 4.95. The highest BCUT2D eigenvalue weighted by Crippen LogP contribution is 2.05. The van der Waals surface area contributed by atoms with Gasteiger partial charge < -0.3 is 4.74 Å². The molecule has 1 fully saturated rings. The molecule has 0 saturated carbocycles. The van der Waals surface area contributed by atoms with Gasteiger partial charge in [0.2, 0.25) is 0 Å². The molecule has 1 atom stereocenters. The van der Waals surface area contributed by atoms with Crippen molar-refractivity contribution in [2.24, 2.45) is 0 Å².